The molecular formula is C8H7ClN2O. The largest absolute Gasteiger partial charge is 0.495 e. The van der Waals surface area contributed by atoms with Crippen molar-refractivity contribution in [2.75, 3.05) is 12.8 Å². The van der Waals surface area contributed by atoms with E-state index in [2.05, 4.69) is 0 Å². The monoisotopic (exact) mass is 182 g/mol. The highest BCUT2D eigenvalue weighted by molar-refractivity contribution is 6.33. The number of benzene rings is 1. The summed E-state index contributed by atoms with van der Waals surface area (Å²) >= 11 is 5.79. The van der Waals surface area contributed by atoms with Gasteiger partial charge in [-0.3, -0.25) is 0 Å². The maximum Gasteiger partial charge on any atom is 0.138 e. The Kier molecular flexibility index (Phi) is 2.41. The smallest absolute Gasteiger partial charge is 0.138 e. The third kappa shape index (κ3) is 1.29. The highest BCUT2D eigenvalue weighted by Gasteiger charge is 2.08. The van der Waals surface area contributed by atoms with E-state index in [0.29, 0.717) is 11.4 Å². The van der Waals surface area contributed by atoms with Gasteiger partial charge in [-0.2, -0.15) is 5.26 Å². The van der Waals surface area contributed by atoms with Crippen molar-refractivity contribution >= 4 is 17.3 Å². The minimum absolute atomic E-state index is 0.260. The first-order valence-electron chi connectivity index (χ1n) is 3.22. The van der Waals surface area contributed by atoms with Crippen LogP contribution in [0.2, 0.25) is 5.02 Å². The molecule has 12 heavy (non-hydrogen) atoms. The lowest BCUT2D eigenvalue weighted by molar-refractivity contribution is 0.415. The Hall–Kier alpha value is -1.40. The molecule has 0 aliphatic carbocycles. The molecule has 0 heterocycles. The average Bonchev–Trinajstić information content (AvgIpc) is 2.06. The van der Waals surface area contributed by atoms with Crippen LogP contribution >= 0.6 is 11.6 Å². The zero-order valence-electron chi connectivity index (χ0n) is 6.47. The van der Waals surface area contributed by atoms with E-state index in [4.69, 9.17) is 27.3 Å². The van der Waals surface area contributed by atoms with Crippen molar-refractivity contribution in [2.45, 2.75) is 0 Å². The zero-order valence-corrected chi connectivity index (χ0v) is 7.22. The summed E-state index contributed by atoms with van der Waals surface area (Å²) in [5.74, 6) is 0.461. The van der Waals surface area contributed by atoms with Gasteiger partial charge in [0.15, 0.2) is 0 Å². The summed E-state index contributed by atoms with van der Waals surface area (Å²) in [4.78, 5) is 0. The molecule has 0 aromatic heterocycles. The second-order valence-electron chi connectivity index (χ2n) is 2.16. The van der Waals surface area contributed by atoms with Crippen molar-refractivity contribution in [3.63, 3.8) is 0 Å². The number of methoxy groups -OCH3 is 1. The molecule has 0 radical (unpaired) electrons. The molecule has 1 aromatic carbocycles. The number of nitrogen functional groups attached to an aromatic ring is 1. The van der Waals surface area contributed by atoms with E-state index in [0.717, 1.165) is 0 Å². The molecule has 0 saturated carbocycles. The summed E-state index contributed by atoms with van der Waals surface area (Å²) in [5.41, 5.74) is 6.12. The minimum Gasteiger partial charge on any atom is -0.495 e. The van der Waals surface area contributed by atoms with Gasteiger partial charge in [0, 0.05) is 0 Å². The standard InChI is InChI=1S/C8H7ClN2O/c1-12-7-3-2-6(11)5(4-10)8(7)9/h2-3H,11H2,1H3. The normalized spacial score (nSPS) is 9.08. The number of halogens is 1. The van der Waals surface area contributed by atoms with Crippen molar-refractivity contribution in [2.24, 2.45) is 0 Å². The summed E-state index contributed by atoms with van der Waals surface area (Å²) in [6, 6.07) is 5.11. The Bertz CT molecular complexity index is 344. The summed E-state index contributed by atoms with van der Waals surface area (Å²) in [5, 5.41) is 8.91. The van der Waals surface area contributed by atoms with Gasteiger partial charge in [0.2, 0.25) is 0 Å². The van der Waals surface area contributed by atoms with Gasteiger partial charge >= 0.3 is 0 Å². The second-order valence-corrected chi connectivity index (χ2v) is 2.54. The topological polar surface area (TPSA) is 59.0 Å². The maximum absolute atomic E-state index is 8.65. The van der Waals surface area contributed by atoms with Gasteiger partial charge in [0.1, 0.15) is 16.8 Å². The van der Waals surface area contributed by atoms with Crippen LogP contribution in [0.3, 0.4) is 0 Å². The van der Waals surface area contributed by atoms with Crippen LogP contribution < -0.4 is 10.5 Å². The van der Waals surface area contributed by atoms with Crippen LogP contribution in [-0.4, -0.2) is 7.11 Å². The Balaban J connectivity index is 3.36. The number of ether oxygens (including phenoxy) is 1. The molecule has 62 valence electrons. The highest BCUT2D eigenvalue weighted by atomic mass is 35.5. The first kappa shape index (κ1) is 8.69. The predicted molar refractivity (Wildman–Crippen MR) is 47.1 cm³/mol. The third-order valence-electron chi connectivity index (χ3n) is 1.47. The van der Waals surface area contributed by atoms with E-state index in [1.54, 1.807) is 12.1 Å². The van der Waals surface area contributed by atoms with Crippen molar-refractivity contribution in [1.82, 2.24) is 0 Å². The maximum atomic E-state index is 8.65. The van der Waals surface area contributed by atoms with Crippen LogP contribution in [0, 0.1) is 11.3 Å². The number of rotatable bonds is 1. The third-order valence-corrected chi connectivity index (χ3v) is 1.85. The Morgan fingerprint density at radius 1 is 1.58 bits per heavy atom. The fourth-order valence-electron chi connectivity index (χ4n) is 0.843. The number of nitrogens with zero attached hydrogens (tertiary/aromatic N) is 1. The van der Waals surface area contributed by atoms with Crippen LogP contribution in [0.15, 0.2) is 12.1 Å². The molecule has 4 heteroatoms. The molecule has 1 aromatic rings. The van der Waals surface area contributed by atoms with E-state index < -0.39 is 0 Å². The molecule has 0 aliphatic heterocycles. The number of anilines is 1. The number of hydrogen-bond donors (Lipinski definition) is 1. The SMILES string of the molecule is COc1ccc(N)c(C#N)c1Cl. The van der Waals surface area contributed by atoms with Crippen LogP contribution in [0.4, 0.5) is 5.69 Å². The first-order valence-corrected chi connectivity index (χ1v) is 3.60. The van der Waals surface area contributed by atoms with Crippen molar-refractivity contribution in [1.29, 1.82) is 5.26 Å². The van der Waals surface area contributed by atoms with Crippen LogP contribution in [0.25, 0.3) is 0 Å². The van der Waals surface area contributed by atoms with Gasteiger partial charge in [-0.05, 0) is 12.1 Å². The molecule has 0 unspecified atom stereocenters. The van der Waals surface area contributed by atoms with E-state index in [1.165, 1.54) is 7.11 Å². The average molecular weight is 183 g/mol. The fraction of sp³-hybridized carbons (Fsp3) is 0.125. The van der Waals surface area contributed by atoms with E-state index in [-0.39, 0.29) is 10.6 Å². The lowest BCUT2D eigenvalue weighted by atomic mass is 10.2. The van der Waals surface area contributed by atoms with Gasteiger partial charge in [-0.1, -0.05) is 11.6 Å². The number of nitrogens with two attached hydrogens (primary N) is 1. The first-order chi connectivity index (χ1) is 5.70. The van der Waals surface area contributed by atoms with Crippen LogP contribution in [0.5, 0.6) is 5.75 Å². The molecule has 0 fully saturated rings. The minimum atomic E-state index is 0.260. The molecule has 3 nitrogen and oxygen atoms in total. The van der Waals surface area contributed by atoms with Gasteiger partial charge in [0.25, 0.3) is 0 Å². The summed E-state index contributed by atoms with van der Waals surface area (Å²) in [7, 11) is 1.48. The van der Waals surface area contributed by atoms with E-state index in [1.807, 2.05) is 6.07 Å². The van der Waals surface area contributed by atoms with Crippen molar-refractivity contribution in [3.8, 4) is 11.8 Å². The molecule has 0 aliphatic rings. The molecule has 0 saturated heterocycles. The lowest BCUT2D eigenvalue weighted by Gasteiger charge is -2.05. The predicted octanol–water partition coefficient (Wildman–Crippen LogP) is 1.80. The number of hydrogen-bond acceptors (Lipinski definition) is 3. The summed E-state index contributed by atoms with van der Waals surface area (Å²) in [6.07, 6.45) is 0. The Morgan fingerprint density at radius 3 is 2.75 bits per heavy atom. The summed E-state index contributed by atoms with van der Waals surface area (Å²) < 4.78 is 4.90. The van der Waals surface area contributed by atoms with Crippen LogP contribution in [0.1, 0.15) is 5.56 Å². The Labute approximate surface area is 75.3 Å². The molecule has 2 N–H and O–H groups in total. The molecule has 0 amide bonds. The van der Waals surface area contributed by atoms with Gasteiger partial charge in [0.05, 0.1) is 18.4 Å². The molecule has 0 bridgehead atoms. The van der Waals surface area contributed by atoms with E-state index in [9.17, 15) is 0 Å². The fourth-order valence-corrected chi connectivity index (χ4v) is 1.13. The van der Waals surface area contributed by atoms with E-state index >= 15 is 0 Å². The van der Waals surface area contributed by atoms with Gasteiger partial charge < -0.3 is 10.5 Å². The number of nitriles is 1. The molecule has 0 atom stereocenters. The summed E-state index contributed by atoms with van der Waals surface area (Å²) in [6.45, 7) is 0. The van der Waals surface area contributed by atoms with Gasteiger partial charge in [-0.15, -0.1) is 0 Å². The highest BCUT2D eigenvalue weighted by Crippen LogP contribution is 2.30. The van der Waals surface area contributed by atoms with Crippen molar-refractivity contribution < 1.29 is 4.74 Å². The zero-order chi connectivity index (χ0) is 9.14. The Morgan fingerprint density at radius 2 is 2.25 bits per heavy atom. The lowest BCUT2D eigenvalue weighted by Crippen LogP contribution is -1.93. The molecular weight excluding hydrogens is 176 g/mol. The quantitative estimate of drug-likeness (QED) is 0.674. The van der Waals surface area contributed by atoms with Crippen LogP contribution in [-0.2, 0) is 0 Å². The van der Waals surface area contributed by atoms with Gasteiger partial charge in [-0.25, -0.2) is 0 Å². The second kappa shape index (κ2) is 3.33. The molecule has 1 rings (SSSR count). The van der Waals surface area contributed by atoms with Crippen molar-refractivity contribution in [3.05, 3.63) is 22.7 Å². The molecule has 0 spiro atoms.